The van der Waals surface area contributed by atoms with Crippen LogP contribution in [0.4, 0.5) is 0 Å². The van der Waals surface area contributed by atoms with Gasteiger partial charge >= 0.3 is 0 Å². The molecule has 1 aliphatic heterocycles. The minimum atomic E-state index is -0.934. The maximum Gasteiger partial charge on any atom is 0.242 e. The van der Waals surface area contributed by atoms with Crippen LogP contribution in [0.2, 0.25) is 5.02 Å². The molecule has 2 atom stereocenters. The van der Waals surface area contributed by atoms with Gasteiger partial charge in [0, 0.05) is 15.8 Å². The number of Topliss-reactive ketones (excluding diaryl/α,β-unsaturated/α-hetero) is 1. The molecule has 1 fully saturated rings. The molecule has 2 N–H and O–H groups in total. The standard InChI is InChI=1S/C21H15BrClNO3S2/c22-14-3-1-12(2-4-14)21(13-7-8-28-11-13)10-17(26)19(20(27)24-21)29-18-9-15(25)5-6-16(18)23/h1-9,11,19,25H,10H2,(H,24,27). The van der Waals surface area contributed by atoms with E-state index in [1.165, 1.54) is 23.5 Å². The fraction of sp³-hybridized carbons (Fsp3) is 0.143. The smallest absolute Gasteiger partial charge is 0.242 e. The van der Waals surface area contributed by atoms with Crippen molar-refractivity contribution in [2.75, 3.05) is 0 Å². The van der Waals surface area contributed by atoms with Gasteiger partial charge in [0.2, 0.25) is 5.91 Å². The Bertz CT molecular complexity index is 1050. The van der Waals surface area contributed by atoms with E-state index in [-0.39, 0.29) is 23.9 Å². The second kappa shape index (κ2) is 8.14. The molecular weight excluding hydrogens is 494 g/mol. The van der Waals surface area contributed by atoms with Crippen LogP contribution in [0.1, 0.15) is 17.5 Å². The highest BCUT2D eigenvalue weighted by atomic mass is 79.9. The topological polar surface area (TPSA) is 66.4 Å². The number of thiophene rings is 1. The quantitative estimate of drug-likeness (QED) is 0.466. The van der Waals surface area contributed by atoms with E-state index in [1.54, 1.807) is 6.07 Å². The highest BCUT2D eigenvalue weighted by Gasteiger charge is 2.47. The van der Waals surface area contributed by atoms with Crippen molar-refractivity contribution in [2.24, 2.45) is 0 Å². The van der Waals surface area contributed by atoms with Crippen molar-refractivity contribution in [1.82, 2.24) is 5.32 Å². The first-order valence-electron chi connectivity index (χ1n) is 8.68. The van der Waals surface area contributed by atoms with E-state index in [2.05, 4.69) is 21.2 Å². The van der Waals surface area contributed by atoms with Crippen LogP contribution in [0.15, 0.2) is 68.7 Å². The van der Waals surface area contributed by atoms with Crippen LogP contribution < -0.4 is 5.32 Å². The van der Waals surface area contributed by atoms with E-state index in [0.29, 0.717) is 9.92 Å². The van der Waals surface area contributed by atoms with Crippen molar-refractivity contribution in [3.05, 3.63) is 79.9 Å². The Morgan fingerprint density at radius 1 is 1.14 bits per heavy atom. The predicted octanol–water partition coefficient (Wildman–Crippen LogP) is 5.36. The molecule has 3 aromatic rings. The lowest BCUT2D eigenvalue weighted by atomic mass is 9.77. The van der Waals surface area contributed by atoms with Gasteiger partial charge in [-0.05, 0) is 58.3 Å². The molecular formula is C21H15BrClNO3S2. The maximum atomic E-state index is 13.2. The Labute approximate surface area is 189 Å². The monoisotopic (exact) mass is 507 g/mol. The van der Waals surface area contributed by atoms with E-state index in [4.69, 9.17) is 11.6 Å². The number of carbonyl (C=O) groups excluding carboxylic acids is 2. The SMILES string of the molecule is O=C1CC(c2ccc(Br)cc2)(c2ccsc2)NC(=O)C1Sc1cc(O)ccc1Cl. The van der Waals surface area contributed by atoms with E-state index < -0.39 is 10.8 Å². The average molecular weight is 509 g/mol. The Morgan fingerprint density at radius 2 is 1.90 bits per heavy atom. The van der Waals surface area contributed by atoms with E-state index in [9.17, 15) is 14.7 Å². The van der Waals surface area contributed by atoms with Crippen molar-refractivity contribution in [1.29, 1.82) is 0 Å². The molecule has 2 heterocycles. The number of aromatic hydroxyl groups is 1. The number of carbonyl (C=O) groups is 2. The van der Waals surface area contributed by atoms with Gasteiger partial charge in [0.25, 0.3) is 0 Å². The second-order valence-electron chi connectivity index (χ2n) is 6.67. The molecule has 0 radical (unpaired) electrons. The van der Waals surface area contributed by atoms with Crippen LogP contribution in [-0.2, 0) is 15.1 Å². The number of piperidine rings is 1. The molecule has 1 amide bonds. The summed E-state index contributed by atoms with van der Waals surface area (Å²) in [4.78, 5) is 26.7. The lowest BCUT2D eigenvalue weighted by molar-refractivity contribution is -0.132. The van der Waals surface area contributed by atoms with Gasteiger partial charge in [-0.15, -0.1) is 11.8 Å². The van der Waals surface area contributed by atoms with Crippen LogP contribution in [-0.4, -0.2) is 22.0 Å². The zero-order valence-electron chi connectivity index (χ0n) is 14.9. The fourth-order valence-electron chi connectivity index (χ4n) is 3.41. The Kier molecular flexibility index (Phi) is 5.75. The number of nitrogens with one attached hydrogen (secondary N) is 1. The van der Waals surface area contributed by atoms with Crippen LogP contribution in [0.3, 0.4) is 0 Å². The number of halogens is 2. The summed E-state index contributed by atoms with van der Waals surface area (Å²) in [5.41, 5.74) is 0.819. The average Bonchev–Trinajstić information content (AvgIpc) is 3.23. The molecule has 2 unspecified atom stereocenters. The second-order valence-corrected chi connectivity index (χ2v) is 9.92. The van der Waals surface area contributed by atoms with Crippen LogP contribution in [0, 0.1) is 0 Å². The largest absolute Gasteiger partial charge is 0.508 e. The highest BCUT2D eigenvalue weighted by molar-refractivity contribution is 9.10. The van der Waals surface area contributed by atoms with E-state index >= 15 is 0 Å². The molecule has 1 aromatic heterocycles. The summed E-state index contributed by atoms with van der Waals surface area (Å²) >= 11 is 12.2. The molecule has 8 heteroatoms. The third kappa shape index (κ3) is 3.97. The highest BCUT2D eigenvalue weighted by Crippen LogP contribution is 2.42. The molecule has 29 heavy (non-hydrogen) atoms. The minimum Gasteiger partial charge on any atom is -0.508 e. The summed E-state index contributed by atoms with van der Waals surface area (Å²) in [6.07, 6.45) is 0.130. The van der Waals surface area contributed by atoms with Gasteiger partial charge in [-0.3, -0.25) is 9.59 Å². The van der Waals surface area contributed by atoms with Gasteiger partial charge in [0.15, 0.2) is 5.78 Å². The molecule has 4 nitrogen and oxygen atoms in total. The van der Waals surface area contributed by atoms with Gasteiger partial charge in [-0.1, -0.05) is 39.7 Å². The molecule has 0 spiro atoms. The first-order chi connectivity index (χ1) is 13.9. The first kappa shape index (κ1) is 20.5. The Hall–Kier alpha value is -1.80. The van der Waals surface area contributed by atoms with E-state index in [0.717, 1.165) is 27.4 Å². The van der Waals surface area contributed by atoms with Gasteiger partial charge in [0.05, 0.1) is 10.6 Å². The zero-order chi connectivity index (χ0) is 20.6. The third-order valence-electron chi connectivity index (χ3n) is 4.82. The Morgan fingerprint density at radius 3 is 2.55 bits per heavy atom. The van der Waals surface area contributed by atoms with Crippen molar-refractivity contribution < 1.29 is 14.7 Å². The zero-order valence-corrected chi connectivity index (χ0v) is 18.9. The lowest BCUT2D eigenvalue weighted by Crippen LogP contribution is -2.57. The van der Waals surface area contributed by atoms with E-state index in [1.807, 2.05) is 41.1 Å². The fourth-order valence-corrected chi connectivity index (χ4v) is 5.66. The number of thioether (sulfide) groups is 1. The maximum absolute atomic E-state index is 13.2. The van der Waals surface area contributed by atoms with Gasteiger partial charge in [-0.2, -0.15) is 11.3 Å². The van der Waals surface area contributed by atoms with Gasteiger partial charge in [-0.25, -0.2) is 0 Å². The van der Waals surface area contributed by atoms with Crippen LogP contribution in [0.25, 0.3) is 0 Å². The molecule has 4 rings (SSSR count). The van der Waals surface area contributed by atoms with Crippen LogP contribution >= 0.6 is 50.6 Å². The Balaban J connectivity index is 1.70. The number of hydrogen-bond donors (Lipinski definition) is 2. The number of phenolic OH excluding ortho intramolecular Hbond substituents is 1. The molecule has 0 aliphatic carbocycles. The number of phenols is 1. The summed E-state index contributed by atoms with van der Waals surface area (Å²) in [6, 6.07) is 14.0. The molecule has 2 aromatic carbocycles. The first-order valence-corrected chi connectivity index (χ1v) is 11.7. The predicted molar refractivity (Wildman–Crippen MR) is 120 cm³/mol. The number of ketones is 1. The van der Waals surface area contributed by atoms with Crippen molar-refractivity contribution in [2.45, 2.75) is 22.1 Å². The summed E-state index contributed by atoms with van der Waals surface area (Å²) in [5.74, 6) is -0.532. The summed E-state index contributed by atoms with van der Waals surface area (Å²) < 4.78 is 0.919. The van der Waals surface area contributed by atoms with Crippen molar-refractivity contribution in [3.8, 4) is 5.75 Å². The summed E-state index contributed by atoms with van der Waals surface area (Å²) in [6.45, 7) is 0. The molecule has 0 saturated carbocycles. The molecule has 1 saturated heterocycles. The number of amides is 1. The summed E-state index contributed by atoms with van der Waals surface area (Å²) in [7, 11) is 0. The number of rotatable bonds is 4. The normalized spacial score (nSPS) is 21.8. The molecule has 0 bridgehead atoms. The number of benzene rings is 2. The van der Waals surface area contributed by atoms with Crippen molar-refractivity contribution in [3.63, 3.8) is 0 Å². The lowest BCUT2D eigenvalue weighted by Gasteiger charge is -2.40. The van der Waals surface area contributed by atoms with Crippen molar-refractivity contribution >= 4 is 62.3 Å². The molecule has 1 aliphatic rings. The third-order valence-corrected chi connectivity index (χ3v) is 7.78. The van der Waals surface area contributed by atoms with Crippen LogP contribution in [0.5, 0.6) is 5.75 Å². The number of hydrogen-bond acceptors (Lipinski definition) is 5. The molecule has 148 valence electrons. The minimum absolute atomic E-state index is 0.0306. The van der Waals surface area contributed by atoms with Gasteiger partial charge in [0.1, 0.15) is 11.0 Å². The summed E-state index contributed by atoms with van der Waals surface area (Å²) in [5, 5.41) is 16.2. The van der Waals surface area contributed by atoms with Gasteiger partial charge < -0.3 is 10.4 Å².